The predicted octanol–water partition coefficient (Wildman–Crippen LogP) is 2.58. The van der Waals surface area contributed by atoms with Gasteiger partial charge in [-0.15, -0.1) is 24.8 Å². The highest BCUT2D eigenvalue weighted by molar-refractivity contribution is 5.85. The Kier molecular flexibility index (Phi) is 8.26. The zero-order valence-electron chi connectivity index (χ0n) is 9.79. The fourth-order valence-corrected chi connectivity index (χ4v) is 1.93. The second kappa shape index (κ2) is 8.54. The number of rotatable bonds is 3. The van der Waals surface area contributed by atoms with E-state index in [4.69, 9.17) is 5.73 Å². The molecular weight excluding hydrogens is 255 g/mol. The topological polar surface area (TPSA) is 29.3 Å². The van der Waals surface area contributed by atoms with Crippen LogP contribution in [0.1, 0.15) is 12.0 Å². The molecule has 0 aromatic heterocycles. The van der Waals surface area contributed by atoms with Crippen molar-refractivity contribution < 1.29 is 0 Å². The number of hydrogen-bond acceptors (Lipinski definition) is 2. The van der Waals surface area contributed by atoms with Gasteiger partial charge in [0.25, 0.3) is 0 Å². The summed E-state index contributed by atoms with van der Waals surface area (Å²) in [6.45, 7) is 3.20. The van der Waals surface area contributed by atoms with Crippen LogP contribution in [0.5, 0.6) is 0 Å². The molecule has 0 amide bonds. The van der Waals surface area contributed by atoms with Crippen LogP contribution in [-0.4, -0.2) is 30.6 Å². The molecule has 0 saturated carbocycles. The second-order valence-corrected chi connectivity index (χ2v) is 4.12. The molecule has 1 aliphatic heterocycles. The minimum atomic E-state index is 0. The summed E-state index contributed by atoms with van der Waals surface area (Å²) in [5.41, 5.74) is 7.11. The molecule has 0 aliphatic carbocycles. The van der Waals surface area contributed by atoms with E-state index < -0.39 is 0 Å². The Morgan fingerprint density at radius 2 is 1.94 bits per heavy atom. The molecular formula is C13H20Cl2N2. The molecule has 17 heavy (non-hydrogen) atoms. The largest absolute Gasteiger partial charge is 0.326 e. The van der Waals surface area contributed by atoms with E-state index in [1.165, 1.54) is 5.56 Å². The van der Waals surface area contributed by atoms with Gasteiger partial charge in [0.15, 0.2) is 0 Å². The number of likely N-dealkylation sites (tertiary alicyclic amines) is 1. The molecule has 0 radical (unpaired) electrons. The molecule has 0 spiro atoms. The third kappa shape index (κ3) is 5.55. The van der Waals surface area contributed by atoms with Gasteiger partial charge in [-0.3, -0.25) is 4.90 Å². The van der Waals surface area contributed by atoms with Gasteiger partial charge in [0, 0.05) is 25.7 Å². The van der Waals surface area contributed by atoms with Crippen molar-refractivity contribution in [1.82, 2.24) is 4.90 Å². The summed E-state index contributed by atoms with van der Waals surface area (Å²) in [5, 5.41) is 0. The van der Waals surface area contributed by atoms with E-state index in [9.17, 15) is 0 Å². The Labute approximate surface area is 116 Å². The summed E-state index contributed by atoms with van der Waals surface area (Å²) >= 11 is 0. The van der Waals surface area contributed by atoms with Crippen LogP contribution in [-0.2, 0) is 0 Å². The van der Waals surface area contributed by atoms with Crippen molar-refractivity contribution in [3.63, 3.8) is 0 Å². The maximum atomic E-state index is 5.84. The first-order chi connectivity index (χ1) is 7.34. The monoisotopic (exact) mass is 274 g/mol. The van der Waals surface area contributed by atoms with Crippen molar-refractivity contribution in [2.75, 3.05) is 19.6 Å². The zero-order chi connectivity index (χ0) is 10.5. The third-order valence-corrected chi connectivity index (χ3v) is 2.78. The Bertz CT molecular complexity index is 327. The lowest BCUT2D eigenvalue weighted by Gasteiger charge is -2.11. The van der Waals surface area contributed by atoms with Crippen LogP contribution in [0, 0.1) is 0 Å². The summed E-state index contributed by atoms with van der Waals surface area (Å²) < 4.78 is 0. The Hall–Kier alpha value is -0.540. The van der Waals surface area contributed by atoms with Gasteiger partial charge >= 0.3 is 0 Å². The van der Waals surface area contributed by atoms with Crippen molar-refractivity contribution >= 4 is 30.9 Å². The van der Waals surface area contributed by atoms with Crippen molar-refractivity contribution in [1.29, 1.82) is 0 Å². The number of halogens is 2. The molecule has 0 bridgehead atoms. The Balaban J connectivity index is 0.00000128. The number of benzene rings is 1. The van der Waals surface area contributed by atoms with Gasteiger partial charge in [-0.1, -0.05) is 42.5 Å². The Morgan fingerprint density at radius 3 is 2.53 bits per heavy atom. The van der Waals surface area contributed by atoms with Crippen molar-refractivity contribution in [2.24, 2.45) is 5.73 Å². The summed E-state index contributed by atoms with van der Waals surface area (Å²) in [6, 6.07) is 10.8. The highest BCUT2D eigenvalue weighted by atomic mass is 35.5. The lowest BCUT2D eigenvalue weighted by atomic mass is 10.2. The van der Waals surface area contributed by atoms with Crippen molar-refractivity contribution in [3.05, 3.63) is 42.0 Å². The average molecular weight is 275 g/mol. The highest BCUT2D eigenvalue weighted by Gasteiger charge is 2.16. The van der Waals surface area contributed by atoms with Crippen molar-refractivity contribution in [2.45, 2.75) is 12.5 Å². The number of nitrogens with zero attached hydrogens (tertiary/aromatic N) is 1. The maximum Gasteiger partial charge on any atom is 0.0180 e. The predicted molar refractivity (Wildman–Crippen MR) is 79.0 cm³/mol. The molecule has 1 saturated heterocycles. The van der Waals surface area contributed by atoms with E-state index in [-0.39, 0.29) is 24.8 Å². The molecule has 4 heteroatoms. The van der Waals surface area contributed by atoms with Crippen LogP contribution in [0.25, 0.3) is 6.08 Å². The fraction of sp³-hybridized carbons (Fsp3) is 0.385. The van der Waals surface area contributed by atoms with E-state index in [1.54, 1.807) is 0 Å². The molecule has 1 aromatic carbocycles. The van der Waals surface area contributed by atoms with Crippen LogP contribution < -0.4 is 5.73 Å². The van der Waals surface area contributed by atoms with Gasteiger partial charge in [0.05, 0.1) is 0 Å². The summed E-state index contributed by atoms with van der Waals surface area (Å²) in [4.78, 5) is 2.39. The van der Waals surface area contributed by atoms with Gasteiger partial charge < -0.3 is 5.73 Å². The lowest BCUT2D eigenvalue weighted by Crippen LogP contribution is -2.26. The van der Waals surface area contributed by atoms with Gasteiger partial charge in [-0.25, -0.2) is 0 Å². The SMILES string of the molecule is Cl.Cl.NC1CCN(C/C=C/c2ccccc2)C1. The number of hydrogen-bond donors (Lipinski definition) is 1. The zero-order valence-corrected chi connectivity index (χ0v) is 11.4. The van der Waals surface area contributed by atoms with Crippen LogP contribution >= 0.6 is 24.8 Å². The van der Waals surface area contributed by atoms with Crippen LogP contribution in [0.3, 0.4) is 0 Å². The average Bonchev–Trinajstić information content (AvgIpc) is 2.66. The first-order valence-electron chi connectivity index (χ1n) is 5.54. The van der Waals surface area contributed by atoms with Gasteiger partial charge in [0.2, 0.25) is 0 Å². The highest BCUT2D eigenvalue weighted by Crippen LogP contribution is 2.07. The Morgan fingerprint density at radius 1 is 1.24 bits per heavy atom. The van der Waals surface area contributed by atoms with Crippen LogP contribution in [0.4, 0.5) is 0 Å². The molecule has 2 rings (SSSR count). The van der Waals surface area contributed by atoms with Gasteiger partial charge in [0.1, 0.15) is 0 Å². The maximum absolute atomic E-state index is 5.84. The van der Waals surface area contributed by atoms with E-state index >= 15 is 0 Å². The van der Waals surface area contributed by atoms with E-state index in [1.807, 2.05) is 6.07 Å². The van der Waals surface area contributed by atoms with E-state index in [0.29, 0.717) is 6.04 Å². The smallest absolute Gasteiger partial charge is 0.0180 e. The minimum absolute atomic E-state index is 0. The molecule has 1 atom stereocenters. The molecule has 1 aliphatic rings. The standard InChI is InChI=1S/C13H18N2.2ClH/c14-13-8-10-15(11-13)9-4-7-12-5-2-1-3-6-12;;/h1-7,13H,8-11,14H2;2*1H/b7-4+;;. The summed E-state index contributed by atoms with van der Waals surface area (Å²) in [6.07, 6.45) is 5.52. The van der Waals surface area contributed by atoms with E-state index in [2.05, 4.69) is 41.3 Å². The molecule has 2 N–H and O–H groups in total. The molecule has 1 unspecified atom stereocenters. The van der Waals surface area contributed by atoms with Crippen molar-refractivity contribution in [3.8, 4) is 0 Å². The molecule has 1 aromatic rings. The fourth-order valence-electron chi connectivity index (χ4n) is 1.93. The molecule has 1 fully saturated rings. The first kappa shape index (κ1) is 16.5. The second-order valence-electron chi connectivity index (χ2n) is 4.12. The van der Waals surface area contributed by atoms with Gasteiger partial charge in [-0.2, -0.15) is 0 Å². The van der Waals surface area contributed by atoms with E-state index in [0.717, 1.165) is 26.1 Å². The molecule has 2 nitrogen and oxygen atoms in total. The summed E-state index contributed by atoms with van der Waals surface area (Å²) in [7, 11) is 0. The van der Waals surface area contributed by atoms with Gasteiger partial charge in [-0.05, 0) is 12.0 Å². The normalized spacial score (nSPS) is 19.9. The number of nitrogens with two attached hydrogens (primary N) is 1. The molecule has 1 heterocycles. The van der Waals surface area contributed by atoms with Crippen LogP contribution in [0.2, 0.25) is 0 Å². The third-order valence-electron chi connectivity index (χ3n) is 2.78. The lowest BCUT2D eigenvalue weighted by molar-refractivity contribution is 0.372. The molecule has 96 valence electrons. The summed E-state index contributed by atoms with van der Waals surface area (Å²) in [5.74, 6) is 0. The first-order valence-corrected chi connectivity index (χ1v) is 5.54. The quantitative estimate of drug-likeness (QED) is 0.918. The minimum Gasteiger partial charge on any atom is -0.326 e. The van der Waals surface area contributed by atoms with Crippen LogP contribution in [0.15, 0.2) is 36.4 Å².